The zero-order chi connectivity index (χ0) is 18.4. The highest BCUT2D eigenvalue weighted by molar-refractivity contribution is 5.73. The summed E-state index contributed by atoms with van der Waals surface area (Å²) in [6.45, 7) is 9.04. The van der Waals surface area contributed by atoms with E-state index in [2.05, 4.69) is 36.4 Å². The molecule has 0 fully saturated rings. The Morgan fingerprint density at radius 2 is 1.88 bits per heavy atom. The standard InChI is InChI=1S/C19H26FN3O2/c1-13-16(25-17(23-13)19(2,3)4)6-5-11-21-18(24)22-12-14-7-9-15(20)10-8-14/h7-10H,5-6,11-12H2,1-4H3,(H2,21,22,24). The number of oxazole rings is 1. The Morgan fingerprint density at radius 1 is 1.20 bits per heavy atom. The van der Waals surface area contributed by atoms with E-state index in [1.165, 1.54) is 12.1 Å². The van der Waals surface area contributed by atoms with Crippen molar-refractivity contribution < 1.29 is 13.6 Å². The highest BCUT2D eigenvalue weighted by Gasteiger charge is 2.21. The number of hydrogen-bond acceptors (Lipinski definition) is 3. The van der Waals surface area contributed by atoms with Crippen LogP contribution in [0.5, 0.6) is 0 Å². The third-order valence-electron chi connectivity index (χ3n) is 3.77. The Bertz CT molecular complexity index is 702. The molecule has 2 amide bonds. The highest BCUT2D eigenvalue weighted by Crippen LogP contribution is 2.24. The SMILES string of the molecule is Cc1nc(C(C)(C)C)oc1CCCNC(=O)NCc1ccc(F)cc1. The largest absolute Gasteiger partial charge is 0.445 e. The molecule has 1 aromatic heterocycles. The average Bonchev–Trinajstić information content (AvgIpc) is 2.92. The number of carbonyl (C=O) groups is 1. The number of aryl methyl sites for hydroxylation is 2. The molecule has 2 N–H and O–H groups in total. The zero-order valence-corrected chi connectivity index (χ0v) is 15.3. The number of nitrogens with zero attached hydrogens (tertiary/aromatic N) is 1. The van der Waals surface area contributed by atoms with E-state index in [1.807, 2.05) is 6.92 Å². The van der Waals surface area contributed by atoms with Crippen molar-refractivity contribution in [3.8, 4) is 0 Å². The van der Waals surface area contributed by atoms with Crippen LogP contribution < -0.4 is 10.6 Å². The molecule has 0 radical (unpaired) electrons. The third-order valence-corrected chi connectivity index (χ3v) is 3.77. The molecular formula is C19H26FN3O2. The predicted molar refractivity (Wildman–Crippen MR) is 94.9 cm³/mol. The van der Waals surface area contributed by atoms with Crippen molar-refractivity contribution in [1.82, 2.24) is 15.6 Å². The van der Waals surface area contributed by atoms with Gasteiger partial charge in [-0.25, -0.2) is 14.2 Å². The van der Waals surface area contributed by atoms with Crippen molar-refractivity contribution in [3.63, 3.8) is 0 Å². The van der Waals surface area contributed by atoms with E-state index >= 15 is 0 Å². The number of hydrogen-bond donors (Lipinski definition) is 2. The summed E-state index contributed by atoms with van der Waals surface area (Å²) in [6, 6.07) is 5.81. The van der Waals surface area contributed by atoms with Gasteiger partial charge in [-0.3, -0.25) is 0 Å². The first kappa shape index (κ1) is 19.0. The molecule has 1 heterocycles. The maximum Gasteiger partial charge on any atom is 0.315 e. The lowest BCUT2D eigenvalue weighted by Gasteiger charge is -2.12. The van der Waals surface area contributed by atoms with Gasteiger partial charge in [0.15, 0.2) is 5.89 Å². The number of amides is 2. The molecule has 2 aromatic rings. The Hall–Kier alpha value is -2.37. The summed E-state index contributed by atoms with van der Waals surface area (Å²) in [6.07, 6.45) is 1.50. The van der Waals surface area contributed by atoms with E-state index in [4.69, 9.17) is 4.42 Å². The monoisotopic (exact) mass is 347 g/mol. The van der Waals surface area contributed by atoms with E-state index in [1.54, 1.807) is 12.1 Å². The molecule has 25 heavy (non-hydrogen) atoms. The van der Waals surface area contributed by atoms with E-state index in [0.29, 0.717) is 13.1 Å². The molecule has 0 atom stereocenters. The number of aromatic nitrogens is 1. The molecule has 5 nitrogen and oxygen atoms in total. The fourth-order valence-corrected chi connectivity index (χ4v) is 2.28. The normalized spacial score (nSPS) is 11.4. The number of rotatable bonds is 6. The van der Waals surface area contributed by atoms with Gasteiger partial charge in [-0.05, 0) is 31.0 Å². The van der Waals surface area contributed by atoms with Crippen LogP contribution in [0, 0.1) is 12.7 Å². The van der Waals surface area contributed by atoms with Gasteiger partial charge in [-0.15, -0.1) is 0 Å². The summed E-state index contributed by atoms with van der Waals surface area (Å²) < 4.78 is 18.6. The van der Waals surface area contributed by atoms with Crippen LogP contribution in [0.25, 0.3) is 0 Å². The number of halogens is 1. The van der Waals surface area contributed by atoms with Crippen LogP contribution in [-0.4, -0.2) is 17.6 Å². The van der Waals surface area contributed by atoms with Gasteiger partial charge in [-0.2, -0.15) is 0 Å². The number of nitrogens with one attached hydrogen (secondary N) is 2. The van der Waals surface area contributed by atoms with Crippen LogP contribution >= 0.6 is 0 Å². The summed E-state index contributed by atoms with van der Waals surface area (Å²) in [7, 11) is 0. The first-order chi connectivity index (χ1) is 11.8. The summed E-state index contributed by atoms with van der Waals surface area (Å²) in [4.78, 5) is 16.2. The Labute approximate surface area is 148 Å². The van der Waals surface area contributed by atoms with Crippen molar-refractivity contribution in [1.29, 1.82) is 0 Å². The second kappa shape index (κ2) is 8.14. The maximum atomic E-state index is 12.8. The number of benzene rings is 1. The molecule has 0 saturated carbocycles. The molecule has 0 unspecified atom stereocenters. The maximum absolute atomic E-state index is 12.8. The Kier molecular flexibility index (Phi) is 6.17. The summed E-state index contributed by atoms with van der Waals surface area (Å²) in [5, 5.41) is 5.55. The van der Waals surface area contributed by atoms with Crippen LogP contribution in [0.3, 0.4) is 0 Å². The molecule has 0 bridgehead atoms. The van der Waals surface area contributed by atoms with Gasteiger partial charge in [0.2, 0.25) is 0 Å². The molecule has 0 saturated heterocycles. The zero-order valence-electron chi connectivity index (χ0n) is 15.3. The van der Waals surface area contributed by atoms with Gasteiger partial charge in [0.05, 0.1) is 5.69 Å². The second-order valence-electron chi connectivity index (χ2n) is 7.12. The fraction of sp³-hybridized carbons (Fsp3) is 0.474. The summed E-state index contributed by atoms with van der Waals surface area (Å²) in [5.41, 5.74) is 1.65. The molecule has 6 heteroatoms. The molecule has 1 aromatic carbocycles. The second-order valence-corrected chi connectivity index (χ2v) is 7.12. The third kappa shape index (κ3) is 5.89. The number of carbonyl (C=O) groups excluding carboxylic acids is 1. The predicted octanol–water partition coefficient (Wildman–Crippen LogP) is 3.85. The Balaban J connectivity index is 1.69. The quantitative estimate of drug-likeness (QED) is 0.780. The van der Waals surface area contributed by atoms with Crippen molar-refractivity contribution >= 4 is 6.03 Å². The van der Waals surface area contributed by atoms with Crippen LogP contribution in [0.4, 0.5) is 9.18 Å². The van der Waals surface area contributed by atoms with Crippen molar-refractivity contribution in [2.45, 2.75) is 52.5 Å². The first-order valence-electron chi connectivity index (χ1n) is 8.48. The van der Waals surface area contributed by atoms with E-state index < -0.39 is 0 Å². The molecule has 0 spiro atoms. The highest BCUT2D eigenvalue weighted by atomic mass is 19.1. The van der Waals surface area contributed by atoms with Crippen LogP contribution in [0.15, 0.2) is 28.7 Å². The van der Waals surface area contributed by atoms with Crippen molar-refractivity contribution in [3.05, 3.63) is 53.0 Å². The minimum Gasteiger partial charge on any atom is -0.445 e. The van der Waals surface area contributed by atoms with Crippen molar-refractivity contribution in [2.24, 2.45) is 0 Å². The smallest absolute Gasteiger partial charge is 0.315 e. The molecule has 136 valence electrons. The summed E-state index contributed by atoms with van der Waals surface area (Å²) in [5.74, 6) is 1.33. The summed E-state index contributed by atoms with van der Waals surface area (Å²) >= 11 is 0. The first-order valence-corrected chi connectivity index (χ1v) is 8.48. The van der Waals surface area contributed by atoms with Crippen LogP contribution in [0.1, 0.15) is 50.1 Å². The molecule has 2 rings (SSSR count). The molecule has 0 aliphatic rings. The van der Waals surface area contributed by atoms with Crippen LogP contribution in [-0.2, 0) is 18.4 Å². The average molecular weight is 347 g/mol. The van der Waals surface area contributed by atoms with E-state index in [0.717, 1.165) is 35.7 Å². The topological polar surface area (TPSA) is 67.2 Å². The van der Waals surface area contributed by atoms with Crippen LogP contribution in [0.2, 0.25) is 0 Å². The lowest BCUT2D eigenvalue weighted by atomic mass is 9.97. The van der Waals surface area contributed by atoms with Gasteiger partial charge in [0.1, 0.15) is 11.6 Å². The fourth-order valence-electron chi connectivity index (χ4n) is 2.28. The number of urea groups is 1. The van der Waals surface area contributed by atoms with E-state index in [-0.39, 0.29) is 17.3 Å². The van der Waals surface area contributed by atoms with Gasteiger partial charge in [-0.1, -0.05) is 32.9 Å². The molecule has 0 aliphatic heterocycles. The Morgan fingerprint density at radius 3 is 2.48 bits per heavy atom. The lowest BCUT2D eigenvalue weighted by molar-refractivity contribution is 0.240. The van der Waals surface area contributed by atoms with Gasteiger partial charge >= 0.3 is 6.03 Å². The lowest BCUT2D eigenvalue weighted by Crippen LogP contribution is -2.35. The molecule has 0 aliphatic carbocycles. The minimum atomic E-state index is -0.287. The van der Waals surface area contributed by atoms with Gasteiger partial charge in [0.25, 0.3) is 0 Å². The van der Waals surface area contributed by atoms with Crippen molar-refractivity contribution in [2.75, 3.05) is 6.54 Å². The molecular weight excluding hydrogens is 321 g/mol. The van der Waals surface area contributed by atoms with E-state index in [9.17, 15) is 9.18 Å². The van der Waals surface area contributed by atoms with Gasteiger partial charge < -0.3 is 15.1 Å². The van der Waals surface area contributed by atoms with Gasteiger partial charge in [0, 0.05) is 24.9 Å². The minimum absolute atomic E-state index is 0.110.